The van der Waals surface area contributed by atoms with Crippen LogP contribution in [0.1, 0.15) is 45.8 Å². The van der Waals surface area contributed by atoms with E-state index in [0.717, 1.165) is 25.7 Å². The van der Waals surface area contributed by atoms with Gasteiger partial charge in [0.2, 0.25) is 10.0 Å². The lowest BCUT2D eigenvalue weighted by molar-refractivity contribution is 0.103. The molecule has 2 aliphatic rings. The van der Waals surface area contributed by atoms with Crippen LogP contribution in [0.3, 0.4) is 0 Å². The van der Waals surface area contributed by atoms with Crippen LogP contribution >= 0.6 is 11.3 Å². The predicted octanol–water partition coefficient (Wildman–Crippen LogP) is 2.73. The highest BCUT2D eigenvalue weighted by Crippen LogP contribution is 2.29. The number of amides is 1. The molecule has 1 fully saturated rings. The number of hydrogen-bond acceptors (Lipinski definition) is 6. The zero-order valence-corrected chi connectivity index (χ0v) is 18.8. The van der Waals surface area contributed by atoms with Crippen molar-refractivity contribution in [3.8, 4) is 0 Å². The van der Waals surface area contributed by atoms with E-state index in [0.29, 0.717) is 10.6 Å². The Bertz CT molecular complexity index is 1130. The van der Waals surface area contributed by atoms with Gasteiger partial charge in [-0.15, -0.1) is 11.3 Å². The quantitative estimate of drug-likeness (QED) is 0.656. The highest BCUT2D eigenvalue weighted by atomic mass is 32.2. The van der Waals surface area contributed by atoms with Crippen molar-refractivity contribution in [2.75, 3.05) is 16.8 Å². The molecule has 1 atom stereocenters. The first-order valence-electron chi connectivity index (χ1n) is 9.98. The number of rotatable bonds is 5. The lowest BCUT2D eigenvalue weighted by Gasteiger charge is -2.12. The monoisotopic (exact) mass is 468 g/mol. The Morgan fingerprint density at radius 3 is 2.50 bits per heavy atom. The molecule has 7 nitrogen and oxygen atoms in total. The molecule has 1 amide bonds. The largest absolute Gasteiger partial charge is 0.321 e. The molecule has 1 aromatic carbocycles. The summed E-state index contributed by atoms with van der Waals surface area (Å²) >= 11 is 1.53. The smallest absolute Gasteiger partial charge is 0.265 e. The van der Waals surface area contributed by atoms with Crippen molar-refractivity contribution >= 4 is 42.8 Å². The second-order valence-corrected chi connectivity index (χ2v) is 12.9. The van der Waals surface area contributed by atoms with Crippen LogP contribution in [-0.4, -0.2) is 40.3 Å². The van der Waals surface area contributed by atoms with E-state index < -0.39 is 25.9 Å². The first-order valence-corrected chi connectivity index (χ1v) is 14.1. The zero-order chi connectivity index (χ0) is 21.4. The molecule has 2 heterocycles. The summed E-state index contributed by atoms with van der Waals surface area (Å²) in [7, 11) is -7.00. The van der Waals surface area contributed by atoms with Gasteiger partial charge in [-0.2, -0.15) is 0 Å². The minimum atomic E-state index is -3.82. The van der Waals surface area contributed by atoms with E-state index in [2.05, 4.69) is 10.0 Å². The van der Waals surface area contributed by atoms with Crippen LogP contribution in [0.15, 0.2) is 35.2 Å². The number of sulfonamides is 1. The molecular formula is C20H24N2O5S3. The van der Waals surface area contributed by atoms with Crippen LogP contribution in [0.25, 0.3) is 0 Å². The van der Waals surface area contributed by atoms with Gasteiger partial charge in [-0.05, 0) is 68.0 Å². The average molecular weight is 469 g/mol. The van der Waals surface area contributed by atoms with E-state index >= 15 is 0 Å². The number of fused-ring (bicyclic) bond motifs is 1. The first-order chi connectivity index (χ1) is 14.2. The molecule has 0 radical (unpaired) electrons. The van der Waals surface area contributed by atoms with Crippen molar-refractivity contribution < 1.29 is 21.6 Å². The second-order valence-electron chi connectivity index (χ2n) is 7.82. The third-order valence-electron chi connectivity index (χ3n) is 5.45. The number of carbonyl (C=O) groups excluding carboxylic acids is 1. The van der Waals surface area contributed by atoms with Gasteiger partial charge in [0, 0.05) is 16.6 Å². The Kier molecular flexibility index (Phi) is 6.02. The van der Waals surface area contributed by atoms with Crippen molar-refractivity contribution in [2.24, 2.45) is 0 Å². The van der Waals surface area contributed by atoms with Gasteiger partial charge in [-0.3, -0.25) is 4.79 Å². The fourth-order valence-corrected chi connectivity index (χ4v) is 8.06. The van der Waals surface area contributed by atoms with Crippen LogP contribution in [-0.2, 0) is 32.7 Å². The topological polar surface area (TPSA) is 109 Å². The summed E-state index contributed by atoms with van der Waals surface area (Å²) in [5, 5.41) is 2.82. The summed E-state index contributed by atoms with van der Waals surface area (Å²) in [6.07, 6.45) is 5.85. The molecular weight excluding hydrogens is 444 g/mol. The van der Waals surface area contributed by atoms with E-state index in [4.69, 9.17) is 0 Å². The first kappa shape index (κ1) is 21.5. The van der Waals surface area contributed by atoms with E-state index in [1.165, 1.54) is 52.5 Å². The third kappa shape index (κ3) is 4.93. The lowest BCUT2D eigenvalue weighted by Crippen LogP contribution is -2.35. The number of sulfone groups is 1. The summed E-state index contributed by atoms with van der Waals surface area (Å²) in [4.78, 5) is 14.6. The molecule has 0 saturated carbocycles. The maximum atomic E-state index is 12.6. The Hall–Kier alpha value is -1.75. The summed E-state index contributed by atoms with van der Waals surface area (Å²) < 4.78 is 50.5. The number of anilines is 1. The summed E-state index contributed by atoms with van der Waals surface area (Å²) in [5.74, 6) is -0.374. The van der Waals surface area contributed by atoms with E-state index in [1.54, 1.807) is 0 Å². The number of nitrogens with one attached hydrogen (secondary N) is 2. The molecule has 10 heteroatoms. The van der Waals surface area contributed by atoms with Crippen molar-refractivity contribution in [2.45, 2.75) is 49.5 Å². The molecule has 0 bridgehead atoms. The molecule has 2 N–H and O–H groups in total. The van der Waals surface area contributed by atoms with Crippen LogP contribution in [0.2, 0.25) is 0 Å². The highest BCUT2D eigenvalue weighted by Gasteiger charge is 2.31. The van der Waals surface area contributed by atoms with E-state index in [-0.39, 0.29) is 28.7 Å². The van der Waals surface area contributed by atoms with Crippen molar-refractivity contribution in [3.05, 3.63) is 45.6 Å². The third-order valence-corrected chi connectivity index (χ3v) is 9.99. The number of thiophene rings is 1. The number of aryl methyl sites for hydroxylation is 2. The molecule has 2 aromatic rings. The molecule has 1 unspecified atom stereocenters. The van der Waals surface area contributed by atoms with Gasteiger partial charge >= 0.3 is 0 Å². The van der Waals surface area contributed by atoms with Gasteiger partial charge < -0.3 is 5.32 Å². The van der Waals surface area contributed by atoms with Gasteiger partial charge in [0.25, 0.3) is 5.91 Å². The average Bonchev–Trinajstić information content (AvgIpc) is 3.17. The van der Waals surface area contributed by atoms with Crippen LogP contribution in [0.4, 0.5) is 5.69 Å². The number of carbonyl (C=O) groups is 1. The Morgan fingerprint density at radius 2 is 1.80 bits per heavy atom. The van der Waals surface area contributed by atoms with Crippen molar-refractivity contribution in [1.82, 2.24) is 4.72 Å². The molecule has 1 aromatic heterocycles. The Morgan fingerprint density at radius 1 is 1.07 bits per heavy atom. The predicted molar refractivity (Wildman–Crippen MR) is 117 cm³/mol. The van der Waals surface area contributed by atoms with Crippen molar-refractivity contribution in [3.63, 3.8) is 0 Å². The minimum absolute atomic E-state index is 0.00267. The number of hydrogen-bond donors (Lipinski definition) is 2. The van der Waals surface area contributed by atoms with Crippen LogP contribution < -0.4 is 10.0 Å². The Labute approximate surface area is 180 Å². The SMILES string of the molecule is O=C(Nc1ccc(S(=O)(=O)NC2CCS(=O)(=O)C2)cc1)c1cc2c(s1)CCCCC2. The standard InChI is InChI=1S/C20H24N2O5S3/c23-20(19-12-14-4-2-1-3-5-18(14)28-19)21-15-6-8-17(9-7-15)30(26,27)22-16-10-11-29(24,25)13-16/h6-9,12,16,22H,1-5,10-11,13H2,(H,21,23). The highest BCUT2D eigenvalue weighted by molar-refractivity contribution is 7.92. The normalized spacial score (nSPS) is 21.0. The summed E-state index contributed by atoms with van der Waals surface area (Å²) in [6.45, 7) is 0. The number of benzene rings is 1. The van der Waals surface area contributed by atoms with Crippen LogP contribution in [0.5, 0.6) is 0 Å². The molecule has 4 rings (SSSR count). The van der Waals surface area contributed by atoms with Gasteiger partial charge in [-0.25, -0.2) is 21.6 Å². The molecule has 0 spiro atoms. The molecule has 1 aliphatic heterocycles. The molecule has 30 heavy (non-hydrogen) atoms. The second kappa shape index (κ2) is 8.41. The maximum absolute atomic E-state index is 12.6. The van der Waals surface area contributed by atoms with Crippen molar-refractivity contribution in [1.29, 1.82) is 0 Å². The fourth-order valence-electron chi connectivity index (χ4n) is 3.86. The zero-order valence-electron chi connectivity index (χ0n) is 16.4. The summed E-state index contributed by atoms with van der Waals surface area (Å²) in [6, 6.07) is 7.26. The maximum Gasteiger partial charge on any atom is 0.265 e. The van der Waals surface area contributed by atoms with Gasteiger partial charge in [0.15, 0.2) is 9.84 Å². The fraction of sp³-hybridized carbons (Fsp3) is 0.450. The van der Waals surface area contributed by atoms with E-state index in [1.807, 2.05) is 6.07 Å². The molecule has 1 aliphatic carbocycles. The minimum Gasteiger partial charge on any atom is -0.321 e. The van der Waals surface area contributed by atoms with Crippen LogP contribution in [0, 0.1) is 0 Å². The van der Waals surface area contributed by atoms with Gasteiger partial charge in [0.05, 0.1) is 21.3 Å². The van der Waals surface area contributed by atoms with Gasteiger partial charge in [0.1, 0.15) is 0 Å². The Balaban J connectivity index is 1.41. The van der Waals surface area contributed by atoms with E-state index in [9.17, 15) is 21.6 Å². The van der Waals surface area contributed by atoms with Gasteiger partial charge in [-0.1, -0.05) is 6.42 Å². The molecule has 1 saturated heterocycles. The molecule has 162 valence electrons. The lowest BCUT2D eigenvalue weighted by atomic mass is 10.1. The summed E-state index contributed by atoms with van der Waals surface area (Å²) in [5.41, 5.74) is 1.77.